The number of rotatable bonds is 4. The number of sulfonamides is 1. The Bertz CT molecular complexity index is 1050. The van der Waals surface area contributed by atoms with Crippen molar-refractivity contribution in [3.8, 4) is 0 Å². The second-order valence-corrected chi connectivity index (χ2v) is 9.48. The Morgan fingerprint density at radius 3 is 2.48 bits per heavy atom. The Kier molecular flexibility index (Phi) is 5.04. The quantitative estimate of drug-likeness (QED) is 0.835. The van der Waals surface area contributed by atoms with E-state index in [0.717, 1.165) is 11.3 Å². The minimum atomic E-state index is -3.23. The molecule has 2 aliphatic rings. The molecule has 4 rings (SSSR count). The molecule has 0 spiro atoms. The van der Waals surface area contributed by atoms with E-state index >= 15 is 0 Å². The van der Waals surface area contributed by atoms with Gasteiger partial charge in [-0.3, -0.25) is 13.9 Å². The van der Waals surface area contributed by atoms with Gasteiger partial charge in [-0.15, -0.1) is 0 Å². The van der Waals surface area contributed by atoms with Gasteiger partial charge in [0.1, 0.15) is 0 Å². The number of amides is 2. The molecule has 0 aliphatic carbocycles. The van der Waals surface area contributed by atoms with Crippen molar-refractivity contribution in [3.05, 3.63) is 54.1 Å². The second-order valence-electron chi connectivity index (χ2n) is 7.47. The lowest BCUT2D eigenvalue weighted by atomic mass is 10.1. The van der Waals surface area contributed by atoms with Gasteiger partial charge in [-0.1, -0.05) is 18.2 Å². The van der Waals surface area contributed by atoms with Crippen LogP contribution in [-0.4, -0.2) is 39.1 Å². The molecule has 1 N–H and O–H groups in total. The van der Waals surface area contributed by atoms with Crippen molar-refractivity contribution in [1.29, 1.82) is 0 Å². The van der Waals surface area contributed by atoms with E-state index in [1.165, 1.54) is 4.31 Å². The summed E-state index contributed by atoms with van der Waals surface area (Å²) in [7, 11) is -3.23. The van der Waals surface area contributed by atoms with Crippen LogP contribution in [0.25, 0.3) is 0 Å². The van der Waals surface area contributed by atoms with Gasteiger partial charge in [0.15, 0.2) is 0 Å². The van der Waals surface area contributed by atoms with E-state index in [1.54, 1.807) is 29.2 Å². The molecule has 0 bridgehead atoms. The number of nitrogens with zero attached hydrogens (tertiary/aromatic N) is 2. The van der Waals surface area contributed by atoms with Crippen molar-refractivity contribution < 1.29 is 18.0 Å². The van der Waals surface area contributed by atoms with E-state index in [4.69, 9.17) is 0 Å². The zero-order valence-electron chi connectivity index (χ0n) is 16.2. The Morgan fingerprint density at radius 1 is 1.10 bits per heavy atom. The first-order chi connectivity index (χ1) is 13.8. The van der Waals surface area contributed by atoms with E-state index in [9.17, 15) is 18.0 Å². The molecule has 0 aromatic heterocycles. The van der Waals surface area contributed by atoms with Gasteiger partial charge in [0.05, 0.1) is 17.4 Å². The first-order valence-corrected chi connectivity index (χ1v) is 11.2. The summed E-state index contributed by atoms with van der Waals surface area (Å²) in [5, 5.41) is 2.84. The summed E-state index contributed by atoms with van der Waals surface area (Å²) >= 11 is 0. The highest BCUT2D eigenvalue weighted by Crippen LogP contribution is 2.29. The first kappa shape index (κ1) is 19.4. The molecule has 1 atom stereocenters. The standard InChI is InChI=1S/C21H23N3O4S/c1-15-5-2-3-6-19(15)23-14-16(13-20(23)25)21(26)22-17-7-9-18(10-8-17)24-11-4-12-29(24,27)28/h2-3,5-10,16H,4,11-14H2,1H3,(H,22,26). The largest absolute Gasteiger partial charge is 0.326 e. The van der Waals surface area contributed by atoms with Gasteiger partial charge in [-0.05, 0) is 49.2 Å². The lowest BCUT2D eigenvalue weighted by Crippen LogP contribution is -2.28. The van der Waals surface area contributed by atoms with Gasteiger partial charge in [0.25, 0.3) is 0 Å². The van der Waals surface area contributed by atoms with E-state index < -0.39 is 15.9 Å². The van der Waals surface area contributed by atoms with Gasteiger partial charge < -0.3 is 10.2 Å². The highest BCUT2D eigenvalue weighted by atomic mass is 32.2. The number of anilines is 3. The highest BCUT2D eigenvalue weighted by molar-refractivity contribution is 7.93. The van der Waals surface area contributed by atoms with Crippen LogP contribution in [0.15, 0.2) is 48.5 Å². The maximum Gasteiger partial charge on any atom is 0.235 e. The van der Waals surface area contributed by atoms with E-state index in [2.05, 4.69) is 5.32 Å². The van der Waals surface area contributed by atoms with Crippen LogP contribution >= 0.6 is 0 Å². The van der Waals surface area contributed by atoms with E-state index in [-0.39, 0.29) is 24.0 Å². The molecule has 29 heavy (non-hydrogen) atoms. The lowest BCUT2D eigenvalue weighted by Gasteiger charge is -2.19. The fourth-order valence-corrected chi connectivity index (χ4v) is 5.43. The Balaban J connectivity index is 1.42. The normalized spacial score (nSPS) is 20.9. The van der Waals surface area contributed by atoms with Crippen LogP contribution in [0.2, 0.25) is 0 Å². The molecule has 2 fully saturated rings. The molecule has 1 unspecified atom stereocenters. The summed E-state index contributed by atoms with van der Waals surface area (Å²) in [4.78, 5) is 26.8. The molecular weight excluding hydrogens is 390 g/mol. The summed E-state index contributed by atoms with van der Waals surface area (Å²) in [6.45, 7) is 2.77. The third-order valence-electron chi connectivity index (χ3n) is 5.42. The van der Waals surface area contributed by atoms with Crippen LogP contribution < -0.4 is 14.5 Å². The van der Waals surface area contributed by atoms with Crippen molar-refractivity contribution >= 4 is 38.9 Å². The minimum absolute atomic E-state index is 0.0611. The summed E-state index contributed by atoms with van der Waals surface area (Å²) in [5.74, 6) is -0.538. The number of nitrogens with one attached hydrogen (secondary N) is 1. The average Bonchev–Trinajstić information content (AvgIpc) is 3.25. The van der Waals surface area contributed by atoms with Crippen LogP contribution in [0.3, 0.4) is 0 Å². The van der Waals surface area contributed by atoms with Gasteiger partial charge in [-0.25, -0.2) is 8.42 Å². The minimum Gasteiger partial charge on any atom is -0.326 e. The Morgan fingerprint density at radius 2 is 1.83 bits per heavy atom. The number of hydrogen-bond donors (Lipinski definition) is 1. The fourth-order valence-electron chi connectivity index (χ4n) is 3.87. The molecule has 8 heteroatoms. The summed E-state index contributed by atoms with van der Waals surface area (Å²) in [6, 6.07) is 14.4. The summed E-state index contributed by atoms with van der Waals surface area (Å²) in [5.41, 5.74) is 3.01. The maximum absolute atomic E-state index is 12.7. The number of aryl methyl sites for hydroxylation is 1. The van der Waals surface area contributed by atoms with Crippen LogP contribution in [0, 0.1) is 12.8 Å². The predicted octanol–water partition coefficient (Wildman–Crippen LogP) is 2.53. The molecule has 2 aliphatic heterocycles. The molecule has 0 saturated carbocycles. The smallest absolute Gasteiger partial charge is 0.235 e. The van der Waals surface area contributed by atoms with Crippen molar-refractivity contribution in [1.82, 2.24) is 0 Å². The molecule has 2 aromatic carbocycles. The molecule has 2 amide bonds. The second kappa shape index (κ2) is 7.51. The first-order valence-electron chi connectivity index (χ1n) is 9.62. The van der Waals surface area contributed by atoms with Crippen molar-refractivity contribution in [2.75, 3.05) is 33.4 Å². The Hall–Kier alpha value is -2.87. The van der Waals surface area contributed by atoms with Crippen LogP contribution in [-0.2, 0) is 19.6 Å². The van der Waals surface area contributed by atoms with Gasteiger partial charge in [-0.2, -0.15) is 0 Å². The van der Waals surface area contributed by atoms with Crippen LogP contribution in [0.1, 0.15) is 18.4 Å². The molecular formula is C21H23N3O4S. The monoisotopic (exact) mass is 413 g/mol. The fraction of sp³-hybridized carbons (Fsp3) is 0.333. The molecule has 152 valence electrons. The molecule has 2 aromatic rings. The molecule has 7 nitrogen and oxygen atoms in total. The number of carbonyl (C=O) groups is 2. The SMILES string of the molecule is Cc1ccccc1N1CC(C(=O)Nc2ccc(N3CCCS3(=O)=O)cc2)CC1=O. The van der Waals surface area contributed by atoms with Gasteiger partial charge in [0, 0.05) is 30.9 Å². The predicted molar refractivity (Wildman–Crippen MR) is 112 cm³/mol. The van der Waals surface area contributed by atoms with E-state index in [0.29, 0.717) is 30.9 Å². The zero-order chi connectivity index (χ0) is 20.6. The van der Waals surface area contributed by atoms with Crippen LogP contribution in [0.5, 0.6) is 0 Å². The summed E-state index contributed by atoms with van der Waals surface area (Å²) < 4.78 is 25.4. The Labute approximate surface area is 170 Å². The van der Waals surface area contributed by atoms with E-state index in [1.807, 2.05) is 31.2 Å². The average molecular weight is 413 g/mol. The van der Waals surface area contributed by atoms with Crippen molar-refractivity contribution in [3.63, 3.8) is 0 Å². The topological polar surface area (TPSA) is 86.8 Å². The molecule has 2 saturated heterocycles. The van der Waals surface area contributed by atoms with Gasteiger partial charge in [0.2, 0.25) is 21.8 Å². The maximum atomic E-state index is 12.7. The van der Waals surface area contributed by atoms with Gasteiger partial charge >= 0.3 is 0 Å². The number of para-hydroxylation sites is 1. The van der Waals surface area contributed by atoms with Crippen molar-refractivity contribution in [2.24, 2.45) is 5.92 Å². The number of hydrogen-bond acceptors (Lipinski definition) is 4. The third kappa shape index (κ3) is 3.85. The summed E-state index contributed by atoms with van der Waals surface area (Å²) in [6.07, 6.45) is 0.790. The van der Waals surface area contributed by atoms with Crippen LogP contribution in [0.4, 0.5) is 17.1 Å². The number of benzene rings is 2. The molecule has 0 radical (unpaired) electrons. The number of carbonyl (C=O) groups excluding carboxylic acids is 2. The zero-order valence-corrected chi connectivity index (χ0v) is 17.0. The molecule has 2 heterocycles. The highest BCUT2D eigenvalue weighted by Gasteiger charge is 2.35. The lowest BCUT2D eigenvalue weighted by molar-refractivity contribution is -0.122. The van der Waals surface area contributed by atoms with Crippen molar-refractivity contribution in [2.45, 2.75) is 19.8 Å². The third-order valence-corrected chi connectivity index (χ3v) is 7.29.